The second-order valence-electron chi connectivity index (χ2n) is 6.85. The van der Waals surface area contributed by atoms with Crippen molar-refractivity contribution < 1.29 is 22.7 Å². The van der Waals surface area contributed by atoms with Crippen molar-refractivity contribution in [3.05, 3.63) is 63.7 Å². The maximum absolute atomic E-state index is 13.0. The Bertz CT molecular complexity index is 1050. The van der Waals surface area contributed by atoms with Gasteiger partial charge in [-0.1, -0.05) is 23.7 Å². The molecular weight excluding hydrogens is 419 g/mol. The Morgan fingerprint density at radius 3 is 2.33 bits per heavy atom. The molecule has 2 aromatic carbocycles. The Kier molecular flexibility index (Phi) is 5.91. The molecule has 3 rings (SSSR count). The van der Waals surface area contributed by atoms with E-state index >= 15 is 0 Å². The second kappa shape index (κ2) is 8.25. The first kappa shape index (κ1) is 21.5. The highest BCUT2D eigenvalue weighted by atomic mass is 35.5. The fourth-order valence-corrected chi connectivity index (χ4v) is 3.32. The SMILES string of the molecule is C[C@H](Oc1ccc(C#N)c(Cl)c1C(=O)N1CC(c2ccc(C#N)cc2)C1)C(F)(F)F. The van der Waals surface area contributed by atoms with Crippen LogP contribution in [0.5, 0.6) is 5.75 Å². The normalized spacial score (nSPS) is 15.0. The highest BCUT2D eigenvalue weighted by molar-refractivity contribution is 6.35. The highest BCUT2D eigenvalue weighted by Crippen LogP contribution is 2.36. The summed E-state index contributed by atoms with van der Waals surface area (Å²) in [5, 5.41) is 17.8. The summed E-state index contributed by atoms with van der Waals surface area (Å²) in [6, 6.07) is 13.2. The van der Waals surface area contributed by atoms with Crippen molar-refractivity contribution in [2.24, 2.45) is 0 Å². The third kappa shape index (κ3) is 4.19. The molecule has 0 saturated carbocycles. The number of amides is 1. The van der Waals surface area contributed by atoms with E-state index < -0.39 is 18.2 Å². The summed E-state index contributed by atoms with van der Waals surface area (Å²) >= 11 is 6.16. The molecule has 0 unspecified atom stereocenters. The average molecular weight is 434 g/mol. The maximum atomic E-state index is 13.0. The van der Waals surface area contributed by atoms with Gasteiger partial charge in [0.2, 0.25) is 0 Å². The van der Waals surface area contributed by atoms with Crippen LogP contribution in [0.15, 0.2) is 36.4 Å². The van der Waals surface area contributed by atoms with Crippen LogP contribution in [0.4, 0.5) is 13.2 Å². The van der Waals surface area contributed by atoms with Gasteiger partial charge in [0, 0.05) is 19.0 Å². The summed E-state index contributed by atoms with van der Waals surface area (Å²) in [5.41, 5.74) is 1.17. The third-order valence-corrected chi connectivity index (χ3v) is 5.28. The lowest BCUT2D eigenvalue weighted by Crippen LogP contribution is -2.48. The first-order chi connectivity index (χ1) is 14.2. The van der Waals surface area contributed by atoms with Crippen LogP contribution in [-0.4, -0.2) is 36.2 Å². The van der Waals surface area contributed by atoms with E-state index in [1.807, 2.05) is 12.1 Å². The van der Waals surface area contributed by atoms with Gasteiger partial charge in [0.05, 0.1) is 22.2 Å². The van der Waals surface area contributed by atoms with Crippen LogP contribution in [0, 0.1) is 22.7 Å². The molecule has 1 saturated heterocycles. The Morgan fingerprint density at radius 2 is 1.80 bits per heavy atom. The molecule has 9 heteroatoms. The molecule has 0 spiro atoms. The lowest BCUT2D eigenvalue weighted by atomic mass is 9.90. The topological polar surface area (TPSA) is 77.1 Å². The van der Waals surface area contributed by atoms with E-state index in [0.717, 1.165) is 18.6 Å². The van der Waals surface area contributed by atoms with Crippen molar-refractivity contribution in [1.82, 2.24) is 4.90 Å². The van der Waals surface area contributed by atoms with Gasteiger partial charge in [0.15, 0.2) is 6.10 Å². The number of carbonyl (C=O) groups is 1. The van der Waals surface area contributed by atoms with Gasteiger partial charge in [0.1, 0.15) is 17.4 Å². The summed E-state index contributed by atoms with van der Waals surface area (Å²) in [6.45, 7) is 1.48. The zero-order chi connectivity index (χ0) is 22.1. The maximum Gasteiger partial charge on any atom is 0.425 e. The number of carbonyl (C=O) groups excluding carboxylic acids is 1. The van der Waals surface area contributed by atoms with Crippen LogP contribution in [0.25, 0.3) is 0 Å². The summed E-state index contributed by atoms with van der Waals surface area (Å²) in [4.78, 5) is 14.4. The van der Waals surface area contributed by atoms with Crippen molar-refractivity contribution in [3.8, 4) is 17.9 Å². The molecule has 0 N–H and O–H groups in total. The fourth-order valence-electron chi connectivity index (χ4n) is 3.04. The second-order valence-corrected chi connectivity index (χ2v) is 7.23. The number of hydrogen-bond acceptors (Lipinski definition) is 4. The van der Waals surface area contributed by atoms with E-state index in [0.29, 0.717) is 18.7 Å². The molecule has 0 aromatic heterocycles. The van der Waals surface area contributed by atoms with Crippen LogP contribution >= 0.6 is 11.6 Å². The van der Waals surface area contributed by atoms with E-state index in [1.54, 1.807) is 24.3 Å². The predicted molar refractivity (Wildman–Crippen MR) is 102 cm³/mol. The van der Waals surface area contributed by atoms with E-state index in [-0.39, 0.29) is 27.8 Å². The minimum Gasteiger partial charge on any atom is -0.480 e. The smallest absolute Gasteiger partial charge is 0.425 e. The van der Waals surface area contributed by atoms with E-state index in [9.17, 15) is 18.0 Å². The quantitative estimate of drug-likeness (QED) is 0.703. The molecule has 0 aliphatic carbocycles. The molecule has 1 aliphatic rings. The first-order valence-corrected chi connectivity index (χ1v) is 9.28. The predicted octanol–water partition coefficient (Wildman–Crippen LogP) is 4.65. The average Bonchev–Trinajstić information content (AvgIpc) is 2.66. The Morgan fingerprint density at radius 1 is 1.17 bits per heavy atom. The van der Waals surface area contributed by atoms with Crippen LogP contribution in [0.3, 0.4) is 0 Å². The number of nitriles is 2. The van der Waals surface area contributed by atoms with Gasteiger partial charge < -0.3 is 9.64 Å². The zero-order valence-electron chi connectivity index (χ0n) is 15.7. The van der Waals surface area contributed by atoms with Gasteiger partial charge in [-0.25, -0.2) is 0 Å². The summed E-state index contributed by atoms with van der Waals surface area (Å²) in [5.74, 6) is -0.903. The summed E-state index contributed by atoms with van der Waals surface area (Å²) in [6.07, 6.45) is -6.78. The van der Waals surface area contributed by atoms with E-state index in [4.69, 9.17) is 26.9 Å². The van der Waals surface area contributed by atoms with Crippen LogP contribution in [-0.2, 0) is 0 Å². The largest absolute Gasteiger partial charge is 0.480 e. The minimum absolute atomic E-state index is 0.0260. The Hall–Kier alpha value is -3.23. The lowest BCUT2D eigenvalue weighted by molar-refractivity contribution is -0.189. The number of hydrogen-bond donors (Lipinski definition) is 0. The molecule has 1 heterocycles. The van der Waals surface area contributed by atoms with Crippen LogP contribution < -0.4 is 4.74 Å². The number of halogens is 4. The lowest BCUT2D eigenvalue weighted by Gasteiger charge is -2.40. The molecular formula is C21H15ClF3N3O2. The number of benzene rings is 2. The number of alkyl halides is 3. The van der Waals surface area contributed by atoms with Crippen molar-refractivity contribution >= 4 is 17.5 Å². The molecule has 154 valence electrons. The molecule has 5 nitrogen and oxygen atoms in total. The molecule has 1 fully saturated rings. The van der Waals surface area contributed by atoms with Crippen molar-refractivity contribution in [2.75, 3.05) is 13.1 Å². The molecule has 30 heavy (non-hydrogen) atoms. The monoisotopic (exact) mass is 433 g/mol. The van der Waals surface area contributed by atoms with Gasteiger partial charge in [-0.15, -0.1) is 0 Å². The van der Waals surface area contributed by atoms with Gasteiger partial charge in [-0.05, 0) is 36.8 Å². The van der Waals surface area contributed by atoms with E-state index in [1.165, 1.54) is 11.0 Å². The van der Waals surface area contributed by atoms with Gasteiger partial charge in [0.25, 0.3) is 5.91 Å². The molecule has 2 aromatic rings. The minimum atomic E-state index is -4.63. The van der Waals surface area contributed by atoms with Crippen LogP contribution in [0.2, 0.25) is 5.02 Å². The van der Waals surface area contributed by atoms with E-state index in [2.05, 4.69) is 0 Å². The number of rotatable bonds is 4. The molecule has 0 radical (unpaired) electrons. The van der Waals surface area contributed by atoms with Gasteiger partial charge >= 0.3 is 6.18 Å². The van der Waals surface area contributed by atoms with Crippen LogP contribution in [0.1, 0.15) is 39.9 Å². The van der Waals surface area contributed by atoms with Gasteiger partial charge in [-0.2, -0.15) is 23.7 Å². The van der Waals surface area contributed by atoms with Gasteiger partial charge in [-0.3, -0.25) is 4.79 Å². The van der Waals surface area contributed by atoms with Crippen molar-refractivity contribution in [3.63, 3.8) is 0 Å². The summed E-state index contributed by atoms with van der Waals surface area (Å²) < 4.78 is 43.7. The molecule has 1 amide bonds. The standard InChI is InChI=1S/C21H15ClF3N3O2/c1-12(21(23,24)25)30-17-7-6-15(9-27)19(22)18(17)20(29)28-10-16(11-28)14-4-2-13(8-26)3-5-14/h2-7,12,16H,10-11H2,1H3/t12-/m0/s1. The molecule has 1 aliphatic heterocycles. The highest BCUT2D eigenvalue weighted by Gasteiger charge is 2.40. The first-order valence-electron chi connectivity index (χ1n) is 8.91. The summed E-state index contributed by atoms with van der Waals surface area (Å²) in [7, 11) is 0. The number of ether oxygens (including phenoxy) is 1. The fraction of sp³-hybridized carbons (Fsp3) is 0.286. The molecule has 1 atom stereocenters. The van der Waals surface area contributed by atoms with Crippen molar-refractivity contribution in [1.29, 1.82) is 10.5 Å². The number of nitrogens with zero attached hydrogens (tertiary/aromatic N) is 3. The third-order valence-electron chi connectivity index (χ3n) is 4.88. The zero-order valence-corrected chi connectivity index (χ0v) is 16.5. The number of likely N-dealkylation sites (tertiary alicyclic amines) is 1. The van der Waals surface area contributed by atoms with Crippen molar-refractivity contribution in [2.45, 2.75) is 25.1 Å². The Balaban J connectivity index is 1.83. The Labute approximate surface area is 175 Å². The molecule has 0 bridgehead atoms.